The Morgan fingerprint density at radius 3 is 2.42 bits per heavy atom. The van der Waals surface area contributed by atoms with Gasteiger partial charge in [0.25, 0.3) is 11.8 Å². The molecule has 124 valence electrons. The van der Waals surface area contributed by atoms with Gasteiger partial charge in [0.1, 0.15) is 0 Å². The number of hydrogen-bond acceptors (Lipinski definition) is 3. The standard InChI is InChI=1S/C18H16ClNO4/c19-14-9-8-13-16-11(14)5-4-6-12(16)17(23)20(18(13)24)10-3-1-2-7-15(21)22/h4-6,8-9,19H,1-3,7,10H2/p+1. The fourth-order valence-electron chi connectivity index (χ4n) is 3.05. The molecule has 1 aliphatic heterocycles. The first kappa shape index (κ1) is 16.5. The van der Waals surface area contributed by atoms with Crippen LogP contribution in [0, 0.1) is 11.6 Å². The number of carbonyl (C=O) groups excluding carboxylic acids is 2. The highest BCUT2D eigenvalue weighted by atomic mass is 35.5. The van der Waals surface area contributed by atoms with E-state index in [4.69, 9.17) is 16.7 Å². The molecule has 2 amide bonds. The Kier molecular flexibility index (Phi) is 4.53. The lowest BCUT2D eigenvalue weighted by atomic mass is 9.94. The number of hydrogen-bond donors (Lipinski definition) is 1. The van der Waals surface area contributed by atoms with Crippen LogP contribution in [-0.4, -0.2) is 34.3 Å². The Labute approximate surface area is 143 Å². The largest absolute Gasteiger partial charge is 0.481 e. The van der Waals surface area contributed by atoms with Crippen LogP contribution in [0.15, 0.2) is 30.3 Å². The second kappa shape index (κ2) is 6.61. The number of halogens is 1. The van der Waals surface area contributed by atoms with Gasteiger partial charge in [0.15, 0.2) is 11.6 Å². The van der Waals surface area contributed by atoms with Gasteiger partial charge >= 0.3 is 5.97 Å². The molecule has 5 nitrogen and oxygen atoms in total. The summed E-state index contributed by atoms with van der Waals surface area (Å²) in [7, 11) is 0. The van der Waals surface area contributed by atoms with E-state index in [1.807, 2.05) is 6.07 Å². The zero-order chi connectivity index (χ0) is 17.3. The number of amides is 2. The zero-order valence-corrected chi connectivity index (χ0v) is 13.8. The minimum atomic E-state index is -0.833. The topological polar surface area (TPSA) is 74.7 Å². The Balaban J connectivity index is 1.83. The summed E-state index contributed by atoms with van der Waals surface area (Å²) in [5, 5.41) is 10.7. The van der Waals surface area contributed by atoms with Gasteiger partial charge in [-0.2, -0.15) is 0 Å². The van der Waals surface area contributed by atoms with Crippen molar-refractivity contribution in [2.24, 2.45) is 0 Å². The van der Waals surface area contributed by atoms with Gasteiger partial charge in [-0.1, -0.05) is 12.5 Å². The fourth-order valence-corrected chi connectivity index (χ4v) is 3.28. The molecule has 2 aromatic rings. The third kappa shape index (κ3) is 2.87. The van der Waals surface area contributed by atoms with E-state index in [1.165, 1.54) is 4.90 Å². The van der Waals surface area contributed by atoms with E-state index >= 15 is 0 Å². The zero-order valence-electron chi connectivity index (χ0n) is 12.9. The number of benzene rings is 2. The predicted molar refractivity (Wildman–Crippen MR) is 86.0 cm³/mol. The second-order valence-electron chi connectivity index (χ2n) is 5.81. The highest BCUT2D eigenvalue weighted by Gasteiger charge is 2.33. The summed E-state index contributed by atoms with van der Waals surface area (Å²) in [5.41, 5.74) is 0.999. The monoisotopic (exact) mass is 346 g/mol. The molecule has 0 aliphatic carbocycles. The number of carboxylic acids is 1. The molecule has 6 heteroatoms. The number of imide groups is 1. The summed E-state index contributed by atoms with van der Waals surface area (Å²) in [6.45, 7) is 0.294. The average Bonchev–Trinajstić information content (AvgIpc) is 2.56. The molecule has 0 radical (unpaired) electrons. The van der Waals surface area contributed by atoms with E-state index in [9.17, 15) is 14.4 Å². The van der Waals surface area contributed by atoms with Crippen molar-refractivity contribution < 1.29 is 31.1 Å². The molecular weight excluding hydrogens is 330 g/mol. The number of aliphatic carboxylic acids is 1. The SMILES string of the molecule is O=C(O)CCCCCN1C(=O)c2cccc3c([ClH+])ccc(c23)C1=O. The summed E-state index contributed by atoms with van der Waals surface area (Å²) in [6, 6.07) is 8.71. The first-order valence-corrected chi connectivity index (χ1v) is 8.22. The highest BCUT2D eigenvalue weighted by molar-refractivity contribution is 6.25. The van der Waals surface area contributed by atoms with Crippen LogP contribution >= 0.6 is 0 Å². The van der Waals surface area contributed by atoms with E-state index in [0.29, 0.717) is 47.3 Å². The number of unbranched alkanes of at least 4 members (excludes halogenated alkanes) is 2. The van der Waals surface area contributed by atoms with Crippen molar-refractivity contribution in [3.63, 3.8) is 0 Å². The van der Waals surface area contributed by atoms with Crippen LogP contribution in [0.1, 0.15) is 46.4 Å². The summed E-state index contributed by atoms with van der Waals surface area (Å²) < 4.78 is 0. The van der Waals surface area contributed by atoms with Crippen molar-refractivity contribution in [1.82, 2.24) is 4.90 Å². The molecular formula is C18H17ClNO4+. The molecule has 0 spiro atoms. The van der Waals surface area contributed by atoms with Crippen molar-refractivity contribution in [2.75, 3.05) is 6.54 Å². The molecule has 0 fully saturated rings. The van der Waals surface area contributed by atoms with Crippen LogP contribution in [0.2, 0.25) is 5.02 Å². The van der Waals surface area contributed by atoms with E-state index in [1.54, 1.807) is 24.3 Å². The number of carboxylic acid groups (broad SMARTS) is 1. The Morgan fingerprint density at radius 2 is 1.71 bits per heavy atom. The van der Waals surface area contributed by atoms with E-state index in [2.05, 4.69) is 0 Å². The van der Waals surface area contributed by atoms with Gasteiger partial charge in [0, 0.05) is 40.9 Å². The minimum absolute atomic E-state index is 0.103. The molecule has 24 heavy (non-hydrogen) atoms. The molecule has 0 aromatic heterocycles. The molecule has 1 heterocycles. The van der Waals surface area contributed by atoms with Crippen molar-refractivity contribution in [3.05, 3.63) is 46.5 Å². The molecule has 1 N–H and O–H groups in total. The Hall–Kier alpha value is -2.40. The molecule has 0 atom stereocenters. The lowest BCUT2D eigenvalue weighted by Gasteiger charge is -2.27. The van der Waals surface area contributed by atoms with E-state index in [0.717, 1.165) is 5.39 Å². The normalized spacial score (nSPS) is 13.6. The van der Waals surface area contributed by atoms with Gasteiger partial charge in [-0.3, -0.25) is 19.3 Å². The van der Waals surface area contributed by atoms with Gasteiger partial charge in [0.05, 0.1) is 0 Å². The molecule has 1 aliphatic rings. The molecule has 0 unspecified atom stereocenters. The Bertz CT molecular complexity index is 824. The van der Waals surface area contributed by atoms with Gasteiger partial charge in [0.2, 0.25) is 5.02 Å². The lowest BCUT2D eigenvalue weighted by Crippen LogP contribution is -2.40. The predicted octanol–water partition coefficient (Wildman–Crippen LogP) is 2.78. The maximum atomic E-state index is 12.7. The molecule has 3 rings (SSSR count). The van der Waals surface area contributed by atoms with E-state index < -0.39 is 5.97 Å². The maximum Gasteiger partial charge on any atom is 0.303 e. The minimum Gasteiger partial charge on any atom is -0.481 e. The van der Waals surface area contributed by atoms with Crippen LogP contribution in [0.25, 0.3) is 10.8 Å². The van der Waals surface area contributed by atoms with Crippen LogP contribution in [-0.2, 0) is 4.79 Å². The van der Waals surface area contributed by atoms with Crippen LogP contribution in [0.4, 0.5) is 0 Å². The summed E-state index contributed by atoms with van der Waals surface area (Å²) in [6.07, 6.45) is 1.89. The third-order valence-corrected chi connectivity index (χ3v) is 4.58. The summed E-state index contributed by atoms with van der Waals surface area (Å²) in [5.74, 6) is -1.45. The molecule has 0 bridgehead atoms. The summed E-state index contributed by atoms with van der Waals surface area (Å²) >= 11 is 5.29. The fraction of sp³-hybridized carbons (Fsp3) is 0.278. The molecule has 0 saturated carbocycles. The van der Waals surface area contributed by atoms with Crippen molar-refractivity contribution in [2.45, 2.75) is 25.7 Å². The molecule has 0 saturated heterocycles. The Morgan fingerprint density at radius 1 is 1.00 bits per heavy atom. The van der Waals surface area contributed by atoms with Crippen LogP contribution < -0.4 is 0 Å². The maximum absolute atomic E-state index is 12.7. The van der Waals surface area contributed by atoms with Crippen LogP contribution in [0.3, 0.4) is 0 Å². The molecule has 2 aromatic carbocycles. The van der Waals surface area contributed by atoms with Gasteiger partial charge in [-0.05, 0) is 31.0 Å². The quantitative estimate of drug-likeness (QED) is 0.644. The highest BCUT2D eigenvalue weighted by Crippen LogP contribution is 2.32. The van der Waals surface area contributed by atoms with Gasteiger partial charge in [-0.15, -0.1) is 0 Å². The number of rotatable bonds is 6. The van der Waals surface area contributed by atoms with Gasteiger partial charge < -0.3 is 5.11 Å². The lowest BCUT2D eigenvalue weighted by molar-refractivity contribution is -0.286. The van der Waals surface area contributed by atoms with Gasteiger partial charge in [-0.25, -0.2) is 0 Å². The van der Waals surface area contributed by atoms with Crippen molar-refractivity contribution in [1.29, 1.82) is 0 Å². The summed E-state index contributed by atoms with van der Waals surface area (Å²) in [4.78, 5) is 37.1. The first-order chi connectivity index (χ1) is 11.5. The van der Waals surface area contributed by atoms with Crippen molar-refractivity contribution >= 4 is 28.6 Å². The smallest absolute Gasteiger partial charge is 0.303 e. The average molecular weight is 347 g/mol. The number of carbonyl (C=O) groups is 3. The first-order valence-electron chi connectivity index (χ1n) is 7.81. The third-order valence-electron chi connectivity index (χ3n) is 4.22. The van der Waals surface area contributed by atoms with Crippen molar-refractivity contribution in [3.8, 4) is 0 Å². The second-order valence-corrected chi connectivity index (χ2v) is 6.25. The number of nitrogens with zero attached hydrogens (tertiary/aromatic N) is 1. The van der Waals surface area contributed by atoms with Crippen LogP contribution in [0.5, 0.6) is 0 Å². The van der Waals surface area contributed by atoms with E-state index in [-0.39, 0.29) is 18.2 Å².